The lowest BCUT2D eigenvalue weighted by molar-refractivity contribution is 0.287. The molecule has 2 rings (SSSR count). The van der Waals surface area contributed by atoms with Crippen molar-refractivity contribution in [2.75, 3.05) is 31.1 Å². The zero-order valence-electron chi connectivity index (χ0n) is 10.5. The molecule has 2 heterocycles. The molecule has 1 N–H and O–H groups in total. The molecule has 1 aliphatic rings. The second-order valence-electron chi connectivity index (χ2n) is 4.65. The van der Waals surface area contributed by atoms with Crippen molar-refractivity contribution < 1.29 is 0 Å². The Balaban J connectivity index is 1.98. The molecule has 0 bridgehead atoms. The summed E-state index contributed by atoms with van der Waals surface area (Å²) in [6, 6.07) is 0. The average Bonchev–Trinajstić information content (AvgIpc) is 2.69. The van der Waals surface area contributed by atoms with Crippen LogP contribution in [0.25, 0.3) is 0 Å². The quantitative estimate of drug-likeness (QED) is 0.852. The van der Waals surface area contributed by atoms with Gasteiger partial charge in [0.1, 0.15) is 5.82 Å². The molecule has 96 valence electrons. The van der Waals surface area contributed by atoms with Gasteiger partial charge in [-0.25, -0.2) is 0 Å². The maximum atomic E-state index is 5.28. The van der Waals surface area contributed by atoms with Gasteiger partial charge >= 0.3 is 0 Å². The van der Waals surface area contributed by atoms with E-state index in [4.69, 9.17) is 12.2 Å². The highest BCUT2D eigenvalue weighted by atomic mass is 32.2. The Labute approximate surface area is 112 Å². The van der Waals surface area contributed by atoms with Crippen LogP contribution in [0, 0.1) is 4.77 Å². The van der Waals surface area contributed by atoms with Gasteiger partial charge in [0.25, 0.3) is 0 Å². The molecule has 4 nitrogen and oxygen atoms in total. The van der Waals surface area contributed by atoms with Crippen molar-refractivity contribution in [3.05, 3.63) is 10.6 Å². The van der Waals surface area contributed by atoms with Gasteiger partial charge in [0.15, 0.2) is 4.77 Å². The predicted octanol–water partition coefficient (Wildman–Crippen LogP) is 2.11. The number of nitrogens with zero attached hydrogens (tertiary/aromatic N) is 3. The van der Waals surface area contributed by atoms with Gasteiger partial charge in [-0.05, 0) is 12.2 Å². The molecule has 0 saturated carbocycles. The normalized spacial score (nSPS) is 17.8. The van der Waals surface area contributed by atoms with Crippen LogP contribution < -0.4 is 0 Å². The molecule has 0 aromatic carbocycles. The minimum Gasteiger partial charge on any atom is -0.303 e. The third kappa shape index (κ3) is 3.33. The molecule has 0 aliphatic carbocycles. The Bertz CT molecular complexity index is 404. The summed E-state index contributed by atoms with van der Waals surface area (Å²) in [5.41, 5.74) is 0. The first-order valence-electron chi connectivity index (χ1n) is 6.13. The Morgan fingerprint density at radius 2 is 2.06 bits per heavy atom. The minimum absolute atomic E-state index is 0.417. The van der Waals surface area contributed by atoms with E-state index in [1.807, 2.05) is 11.8 Å². The molecule has 1 aromatic rings. The zero-order chi connectivity index (χ0) is 12.3. The number of rotatable bonds is 4. The lowest BCUT2D eigenvalue weighted by atomic mass is 10.2. The van der Waals surface area contributed by atoms with Gasteiger partial charge in [0.05, 0.1) is 0 Å². The van der Waals surface area contributed by atoms with Gasteiger partial charge in [-0.15, -0.1) is 0 Å². The van der Waals surface area contributed by atoms with Crippen molar-refractivity contribution in [1.82, 2.24) is 19.7 Å². The molecule has 6 heteroatoms. The molecule has 1 aromatic heterocycles. The first-order chi connectivity index (χ1) is 8.18. The molecule has 0 amide bonds. The summed E-state index contributed by atoms with van der Waals surface area (Å²) >= 11 is 7.33. The number of hydrogen-bond donors (Lipinski definition) is 1. The van der Waals surface area contributed by atoms with Crippen LogP contribution >= 0.6 is 24.0 Å². The predicted molar refractivity (Wildman–Crippen MR) is 75.3 cm³/mol. The van der Waals surface area contributed by atoms with E-state index in [0.717, 1.165) is 23.7 Å². The first-order valence-corrected chi connectivity index (χ1v) is 7.70. The van der Waals surface area contributed by atoms with Gasteiger partial charge in [0, 0.05) is 43.6 Å². The molecule has 0 spiro atoms. The van der Waals surface area contributed by atoms with E-state index >= 15 is 0 Å². The highest BCUT2D eigenvalue weighted by Crippen LogP contribution is 2.13. The van der Waals surface area contributed by atoms with Crippen LogP contribution in [0.1, 0.15) is 25.6 Å². The maximum absolute atomic E-state index is 5.28. The fourth-order valence-corrected chi connectivity index (χ4v) is 3.26. The average molecular weight is 272 g/mol. The van der Waals surface area contributed by atoms with Gasteiger partial charge in [-0.1, -0.05) is 13.8 Å². The van der Waals surface area contributed by atoms with E-state index in [9.17, 15) is 0 Å². The number of aromatic nitrogens is 3. The second kappa shape index (κ2) is 6.02. The van der Waals surface area contributed by atoms with Crippen molar-refractivity contribution in [1.29, 1.82) is 0 Å². The molecule has 1 saturated heterocycles. The fraction of sp³-hybridized carbons (Fsp3) is 0.818. The Morgan fingerprint density at radius 3 is 2.71 bits per heavy atom. The molecule has 17 heavy (non-hydrogen) atoms. The Kier molecular flexibility index (Phi) is 4.64. The molecule has 0 unspecified atom stereocenters. The van der Waals surface area contributed by atoms with E-state index in [-0.39, 0.29) is 0 Å². The fourth-order valence-electron chi connectivity index (χ4n) is 2.05. The van der Waals surface area contributed by atoms with Crippen LogP contribution in [0.15, 0.2) is 0 Å². The highest BCUT2D eigenvalue weighted by molar-refractivity contribution is 7.99. The summed E-state index contributed by atoms with van der Waals surface area (Å²) < 4.78 is 2.89. The number of aromatic amines is 1. The van der Waals surface area contributed by atoms with Crippen molar-refractivity contribution in [3.63, 3.8) is 0 Å². The lowest BCUT2D eigenvalue weighted by Crippen LogP contribution is -2.35. The zero-order valence-corrected chi connectivity index (χ0v) is 12.1. The monoisotopic (exact) mass is 272 g/mol. The number of nitrogens with one attached hydrogen (secondary N) is 1. The van der Waals surface area contributed by atoms with Crippen molar-refractivity contribution in [2.45, 2.75) is 26.3 Å². The van der Waals surface area contributed by atoms with Crippen LogP contribution in [-0.4, -0.2) is 50.8 Å². The maximum Gasteiger partial charge on any atom is 0.195 e. The highest BCUT2D eigenvalue weighted by Gasteiger charge is 2.13. The third-order valence-corrected chi connectivity index (χ3v) is 4.30. The van der Waals surface area contributed by atoms with Crippen molar-refractivity contribution in [2.24, 2.45) is 0 Å². The van der Waals surface area contributed by atoms with Crippen LogP contribution in [-0.2, 0) is 6.54 Å². The van der Waals surface area contributed by atoms with E-state index in [2.05, 4.69) is 33.5 Å². The molecule has 0 radical (unpaired) electrons. The van der Waals surface area contributed by atoms with E-state index < -0.39 is 0 Å². The number of thioether (sulfide) groups is 1. The van der Waals surface area contributed by atoms with Crippen molar-refractivity contribution in [3.8, 4) is 0 Å². The smallest absolute Gasteiger partial charge is 0.195 e. The van der Waals surface area contributed by atoms with E-state index in [1.54, 1.807) is 0 Å². The summed E-state index contributed by atoms with van der Waals surface area (Å²) in [4.78, 5) is 2.51. The van der Waals surface area contributed by atoms with Gasteiger partial charge in [-0.2, -0.15) is 16.9 Å². The summed E-state index contributed by atoms with van der Waals surface area (Å²) in [6.45, 7) is 8.74. The van der Waals surface area contributed by atoms with Crippen LogP contribution in [0.5, 0.6) is 0 Å². The van der Waals surface area contributed by atoms with Crippen molar-refractivity contribution >= 4 is 24.0 Å². The topological polar surface area (TPSA) is 36.9 Å². The summed E-state index contributed by atoms with van der Waals surface area (Å²) in [6.07, 6.45) is 0. The molecule has 1 aliphatic heterocycles. The molecular formula is C11H20N4S2. The number of hydrogen-bond acceptors (Lipinski definition) is 4. The minimum atomic E-state index is 0.417. The summed E-state index contributed by atoms with van der Waals surface area (Å²) in [5.74, 6) is 4.00. The van der Waals surface area contributed by atoms with Crippen LogP contribution in [0.4, 0.5) is 0 Å². The van der Waals surface area contributed by atoms with E-state index in [0.29, 0.717) is 5.92 Å². The molecule has 1 fully saturated rings. The Morgan fingerprint density at radius 1 is 1.35 bits per heavy atom. The van der Waals surface area contributed by atoms with Gasteiger partial charge < -0.3 is 4.57 Å². The SMILES string of the molecule is CC(C)c1n[nH]c(=S)n1CCN1CCSCC1. The molecule has 0 atom stereocenters. The lowest BCUT2D eigenvalue weighted by Gasteiger charge is -2.26. The van der Waals surface area contributed by atoms with Crippen LogP contribution in [0.2, 0.25) is 0 Å². The number of H-pyrrole nitrogens is 1. The molecular weight excluding hydrogens is 252 g/mol. The largest absolute Gasteiger partial charge is 0.303 e. The van der Waals surface area contributed by atoms with Crippen LogP contribution in [0.3, 0.4) is 0 Å². The summed E-state index contributed by atoms with van der Waals surface area (Å²) in [7, 11) is 0. The third-order valence-electron chi connectivity index (χ3n) is 3.05. The second-order valence-corrected chi connectivity index (χ2v) is 6.26. The van der Waals surface area contributed by atoms with Gasteiger partial charge in [0.2, 0.25) is 0 Å². The Hall–Kier alpha value is -0.330. The van der Waals surface area contributed by atoms with Gasteiger partial charge in [-0.3, -0.25) is 10.00 Å². The first kappa shape index (κ1) is 13.1. The standard InChI is InChI=1S/C11H20N4S2/c1-9(2)10-12-13-11(16)15(10)4-3-14-5-7-17-8-6-14/h9H,3-8H2,1-2H3,(H,13,16). The van der Waals surface area contributed by atoms with E-state index in [1.165, 1.54) is 24.6 Å². The summed E-state index contributed by atoms with van der Waals surface area (Å²) in [5, 5.41) is 7.20.